The van der Waals surface area contributed by atoms with E-state index >= 15 is 0 Å². The van der Waals surface area contributed by atoms with Crippen LogP contribution in [0.25, 0.3) is 0 Å². The molecule has 0 aromatic heterocycles. The van der Waals surface area contributed by atoms with E-state index in [0.717, 1.165) is 15.4 Å². The highest BCUT2D eigenvalue weighted by atomic mass is 32.2. The minimum Gasteiger partial charge on any atom is -0.368 e. The third-order valence-electron chi connectivity index (χ3n) is 7.21. The molecule has 0 saturated carbocycles. The highest BCUT2D eigenvalue weighted by Gasteiger charge is 2.49. The average Bonchev–Trinajstić information content (AvgIpc) is 3.84. The standard InChI is InChI=1S/C31H41N7O8S/c1-19(2)28(37-27(41)17-35-30(43)24-18-38(24)47(45,46)22-11-9-20(3)10-12-22)31(44)33-14-13-26(40)36-23(29(42)34-16-25(32)39)15-21-7-5-4-6-8-21/h4-12,19,23-24,28H,13-18H2,1-3H3,(H2,32,39)(H,33,44)(H,34,42)(H,35,43)(H,36,40)(H,37,41)/t23?,24?,28-,38?/m0/s1. The van der Waals surface area contributed by atoms with E-state index in [-0.39, 0.29) is 36.7 Å². The van der Waals surface area contributed by atoms with Gasteiger partial charge in [0.2, 0.25) is 45.5 Å². The van der Waals surface area contributed by atoms with Crippen LogP contribution in [0.3, 0.4) is 0 Å². The number of carbonyl (C=O) groups is 6. The summed E-state index contributed by atoms with van der Waals surface area (Å²) in [5.74, 6) is -4.09. The SMILES string of the molecule is Cc1ccc(S(=O)(=O)N2CC2C(=O)NCC(=O)N[C@H](C(=O)NCCC(=O)NC(Cc2ccccc2)C(=O)NCC(N)=O)C(C)C)cc1. The summed E-state index contributed by atoms with van der Waals surface area (Å²) in [5.41, 5.74) is 6.77. The first kappa shape index (κ1) is 36.6. The predicted octanol–water partition coefficient (Wildman–Crippen LogP) is -1.54. The van der Waals surface area contributed by atoms with Crippen LogP contribution in [0.2, 0.25) is 0 Å². The zero-order chi connectivity index (χ0) is 34.7. The van der Waals surface area contributed by atoms with Crippen molar-refractivity contribution in [2.75, 3.05) is 26.2 Å². The molecule has 1 fully saturated rings. The molecule has 0 aliphatic carbocycles. The highest BCUT2D eigenvalue weighted by molar-refractivity contribution is 7.89. The molecule has 16 heteroatoms. The second-order valence-corrected chi connectivity index (χ2v) is 13.3. The van der Waals surface area contributed by atoms with Crippen LogP contribution in [-0.2, 0) is 45.2 Å². The second-order valence-electron chi connectivity index (χ2n) is 11.4. The summed E-state index contributed by atoms with van der Waals surface area (Å²) in [6.45, 7) is 4.24. The van der Waals surface area contributed by atoms with E-state index in [1.807, 2.05) is 6.92 Å². The Morgan fingerprint density at radius 3 is 2.13 bits per heavy atom. The largest absolute Gasteiger partial charge is 0.368 e. The van der Waals surface area contributed by atoms with Crippen molar-refractivity contribution in [1.29, 1.82) is 0 Å². The van der Waals surface area contributed by atoms with Gasteiger partial charge in [-0.1, -0.05) is 61.9 Å². The van der Waals surface area contributed by atoms with Crippen molar-refractivity contribution in [1.82, 2.24) is 30.9 Å². The number of primary amides is 1. The minimum absolute atomic E-state index is 0.0146. The maximum Gasteiger partial charge on any atom is 0.243 e. The van der Waals surface area contributed by atoms with Gasteiger partial charge in [-0.25, -0.2) is 8.42 Å². The summed E-state index contributed by atoms with van der Waals surface area (Å²) in [6.07, 6.45) is -0.0266. The topological polar surface area (TPSA) is 226 Å². The number of amides is 6. The van der Waals surface area contributed by atoms with E-state index in [0.29, 0.717) is 0 Å². The van der Waals surface area contributed by atoms with Gasteiger partial charge in [-0.15, -0.1) is 0 Å². The fourth-order valence-electron chi connectivity index (χ4n) is 4.53. The molecule has 1 saturated heterocycles. The molecule has 3 rings (SSSR count). The third-order valence-corrected chi connectivity index (χ3v) is 9.10. The first-order chi connectivity index (χ1) is 22.2. The Labute approximate surface area is 273 Å². The number of benzene rings is 2. The van der Waals surface area contributed by atoms with Gasteiger partial charge >= 0.3 is 0 Å². The number of hydrogen-bond acceptors (Lipinski definition) is 8. The molecule has 6 amide bonds. The highest BCUT2D eigenvalue weighted by Crippen LogP contribution is 2.28. The molecular formula is C31H41N7O8S. The Hall–Kier alpha value is -4.83. The fourth-order valence-corrected chi connectivity index (χ4v) is 6.04. The van der Waals surface area contributed by atoms with Gasteiger partial charge in [0.25, 0.3) is 0 Å². The molecule has 254 valence electrons. The summed E-state index contributed by atoms with van der Waals surface area (Å²) in [5, 5.41) is 12.5. The minimum atomic E-state index is -3.85. The lowest BCUT2D eigenvalue weighted by molar-refractivity contribution is -0.131. The smallest absolute Gasteiger partial charge is 0.243 e. The molecule has 1 aliphatic heterocycles. The van der Waals surface area contributed by atoms with Gasteiger partial charge in [-0.3, -0.25) is 28.8 Å². The van der Waals surface area contributed by atoms with Gasteiger partial charge in [-0.05, 0) is 30.5 Å². The van der Waals surface area contributed by atoms with Crippen molar-refractivity contribution < 1.29 is 37.2 Å². The van der Waals surface area contributed by atoms with Crippen molar-refractivity contribution in [2.45, 2.75) is 56.6 Å². The van der Waals surface area contributed by atoms with E-state index < -0.39 is 76.7 Å². The molecule has 2 aromatic rings. The molecule has 15 nitrogen and oxygen atoms in total. The molecule has 3 unspecified atom stereocenters. The quantitative estimate of drug-likeness (QED) is 0.108. The maximum atomic E-state index is 12.9. The summed E-state index contributed by atoms with van der Waals surface area (Å²) in [7, 11) is -3.85. The Balaban J connectivity index is 1.45. The van der Waals surface area contributed by atoms with Crippen molar-refractivity contribution in [3.8, 4) is 0 Å². The number of carbonyl (C=O) groups excluding carboxylic acids is 6. The number of hydrogen-bond donors (Lipinski definition) is 6. The summed E-state index contributed by atoms with van der Waals surface area (Å²) in [4.78, 5) is 74.4. The lowest BCUT2D eigenvalue weighted by Gasteiger charge is -2.22. The Kier molecular flexibility index (Phi) is 13.0. The lowest BCUT2D eigenvalue weighted by atomic mass is 10.0. The van der Waals surface area contributed by atoms with Crippen LogP contribution in [0.15, 0.2) is 59.5 Å². The van der Waals surface area contributed by atoms with Crippen molar-refractivity contribution in [3.63, 3.8) is 0 Å². The van der Waals surface area contributed by atoms with Crippen LogP contribution >= 0.6 is 0 Å². The molecular weight excluding hydrogens is 630 g/mol. The van der Waals surface area contributed by atoms with E-state index in [4.69, 9.17) is 5.73 Å². The van der Waals surface area contributed by atoms with Gasteiger partial charge in [-0.2, -0.15) is 4.31 Å². The predicted molar refractivity (Wildman–Crippen MR) is 171 cm³/mol. The van der Waals surface area contributed by atoms with Crippen molar-refractivity contribution in [2.24, 2.45) is 11.7 Å². The number of aryl methyl sites for hydroxylation is 1. The van der Waals surface area contributed by atoms with E-state index in [9.17, 15) is 37.2 Å². The number of nitrogens with one attached hydrogen (secondary N) is 5. The summed E-state index contributed by atoms with van der Waals surface area (Å²) >= 11 is 0. The van der Waals surface area contributed by atoms with Crippen LogP contribution in [0, 0.1) is 12.8 Å². The van der Waals surface area contributed by atoms with Gasteiger partial charge in [0.15, 0.2) is 0 Å². The average molecular weight is 672 g/mol. The lowest BCUT2D eigenvalue weighted by Crippen LogP contribution is -2.53. The Bertz CT molecular complexity index is 1570. The second kappa shape index (κ2) is 16.6. The van der Waals surface area contributed by atoms with Crippen molar-refractivity contribution >= 4 is 45.5 Å². The summed E-state index contributed by atoms with van der Waals surface area (Å²) < 4.78 is 26.5. The Morgan fingerprint density at radius 1 is 0.851 bits per heavy atom. The van der Waals surface area contributed by atoms with Crippen LogP contribution in [0.5, 0.6) is 0 Å². The zero-order valence-electron chi connectivity index (χ0n) is 26.4. The van der Waals surface area contributed by atoms with Crippen molar-refractivity contribution in [3.05, 3.63) is 65.7 Å². The van der Waals surface area contributed by atoms with Crippen LogP contribution < -0.4 is 32.3 Å². The van der Waals surface area contributed by atoms with Gasteiger partial charge in [0.05, 0.1) is 18.0 Å². The third kappa shape index (κ3) is 11.2. The number of sulfonamides is 1. The van der Waals surface area contributed by atoms with E-state index in [2.05, 4.69) is 26.6 Å². The molecule has 47 heavy (non-hydrogen) atoms. The monoisotopic (exact) mass is 671 g/mol. The molecule has 7 N–H and O–H groups in total. The number of rotatable bonds is 17. The normalized spacial score (nSPS) is 16.7. The van der Waals surface area contributed by atoms with E-state index in [1.54, 1.807) is 56.3 Å². The zero-order valence-corrected chi connectivity index (χ0v) is 27.3. The maximum absolute atomic E-state index is 12.9. The van der Waals surface area contributed by atoms with Gasteiger partial charge in [0, 0.05) is 25.9 Å². The number of nitrogens with two attached hydrogens (primary N) is 1. The van der Waals surface area contributed by atoms with Gasteiger partial charge < -0.3 is 32.3 Å². The first-order valence-corrected chi connectivity index (χ1v) is 16.5. The Morgan fingerprint density at radius 2 is 1.51 bits per heavy atom. The fraction of sp³-hybridized carbons (Fsp3) is 0.419. The van der Waals surface area contributed by atoms with Gasteiger partial charge in [0.1, 0.15) is 18.1 Å². The molecule has 0 bridgehead atoms. The molecule has 0 radical (unpaired) electrons. The molecule has 2 aromatic carbocycles. The van der Waals surface area contributed by atoms with Crippen LogP contribution in [-0.4, -0.2) is 92.5 Å². The molecule has 4 atom stereocenters. The van der Waals surface area contributed by atoms with E-state index in [1.165, 1.54) is 12.1 Å². The first-order valence-electron chi connectivity index (χ1n) is 15.0. The summed E-state index contributed by atoms with van der Waals surface area (Å²) in [6, 6.07) is 12.2. The van der Waals surface area contributed by atoms with Crippen LogP contribution in [0.1, 0.15) is 31.4 Å². The molecule has 1 heterocycles. The molecule has 1 aliphatic rings. The molecule has 0 spiro atoms. The number of nitrogens with zero attached hydrogens (tertiary/aromatic N) is 1. The van der Waals surface area contributed by atoms with Crippen LogP contribution in [0.4, 0.5) is 0 Å².